The largest absolute Gasteiger partial charge is 0.206 e. The van der Waals surface area contributed by atoms with Crippen molar-refractivity contribution in [2.24, 2.45) is 0 Å². The van der Waals surface area contributed by atoms with E-state index in [0.29, 0.717) is 26.0 Å². The molecule has 0 saturated carbocycles. The van der Waals surface area contributed by atoms with Gasteiger partial charge in [-0.25, -0.2) is 8.78 Å². The molecule has 0 spiro atoms. The number of halogens is 3. The van der Waals surface area contributed by atoms with E-state index >= 15 is 0 Å². The lowest BCUT2D eigenvalue weighted by Gasteiger charge is -2.06. The molecule has 3 rings (SSSR count). The lowest BCUT2D eigenvalue weighted by Crippen LogP contribution is -1.86. The summed E-state index contributed by atoms with van der Waals surface area (Å²) in [4.78, 5) is 0. The second kappa shape index (κ2) is 3.77. The van der Waals surface area contributed by atoms with Gasteiger partial charge in [-0.15, -0.1) is 0 Å². The zero-order valence-corrected chi connectivity index (χ0v) is 10.3. The Balaban J connectivity index is 2.63. The molecule has 17 heavy (non-hydrogen) atoms. The van der Waals surface area contributed by atoms with E-state index in [4.69, 9.17) is 0 Å². The van der Waals surface area contributed by atoms with Gasteiger partial charge >= 0.3 is 0 Å². The first kappa shape index (κ1) is 10.7. The molecule has 84 valence electrons. The number of benzene rings is 3. The summed E-state index contributed by atoms with van der Waals surface area (Å²) >= 11 is 3.23. The fourth-order valence-electron chi connectivity index (χ4n) is 2.11. The highest BCUT2D eigenvalue weighted by Gasteiger charge is 2.10. The number of fused-ring (bicyclic) bond motifs is 3. The zero-order chi connectivity index (χ0) is 12.0. The molecule has 0 fully saturated rings. The van der Waals surface area contributed by atoms with Crippen LogP contribution in [0.2, 0.25) is 0 Å². The van der Waals surface area contributed by atoms with Crippen molar-refractivity contribution in [2.75, 3.05) is 0 Å². The SMILES string of the molecule is Fc1cccc2ccc3cc(Br)cc(F)c3c12. The van der Waals surface area contributed by atoms with Crippen molar-refractivity contribution in [3.63, 3.8) is 0 Å². The van der Waals surface area contributed by atoms with Crippen LogP contribution in [0, 0.1) is 11.6 Å². The zero-order valence-electron chi connectivity index (χ0n) is 8.68. The van der Waals surface area contributed by atoms with Crippen LogP contribution in [0.5, 0.6) is 0 Å². The number of hydrogen-bond donors (Lipinski definition) is 0. The van der Waals surface area contributed by atoms with Gasteiger partial charge in [-0.2, -0.15) is 0 Å². The van der Waals surface area contributed by atoms with Crippen LogP contribution in [-0.4, -0.2) is 0 Å². The first-order chi connectivity index (χ1) is 8.16. The summed E-state index contributed by atoms with van der Waals surface area (Å²) in [6.45, 7) is 0. The van der Waals surface area contributed by atoms with Crippen molar-refractivity contribution in [1.82, 2.24) is 0 Å². The van der Waals surface area contributed by atoms with Gasteiger partial charge in [0.2, 0.25) is 0 Å². The lowest BCUT2D eigenvalue weighted by atomic mass is 10.0. The Kier molecular flexibility index (Phi) is 2.37. The van der Waals surface area contributed by atoms with Gasteiger partial charge in [0.15, 0.2) is 0 Å². The Labute approximate surface area is 105 Å². The van der Waals surface area contributed by atoms with Crippen LogP contribution in [0.1, 0.15) is 0 Å². The molecule has 0 amide bonds. The molecule has 0 aromatic heterocycles. The second-order valence-corrected chi connectivity index (χ2v) is 4.80. The predicted molar refractivity (Wildman–Crippen MR) is 69.1 cm³/mol. The van der Waals surface area contributed by atoms with Crippen LogP contribution < -0.4 is 0 Å². The van der Waals surface area contributed by atoms with E-state index in [-0.39, 0.29) is 0 Å². The number of rotatable bonds is 0. The summed E-state index contributed by atoms with van der Waals surface area (Å²) in [7, 11) is 0. The third-order valence-electron chi connectivity index (χ3n) is 2.82. The van der Waals surface area contributed by atoms with Crippen LogP contribution in [-0.2, 0) is 0 Å². The molecule has 0 aliphatic rings. The van der Waals surface area contributed by atoms with Gasteiger partial charge in [0.25, 0.3) is 0 Å². The highest BCUT2D eigenvalue weighted by Crippen LogP contribution is 2.31. The minimum Gasteiger partial charge on any atom is -0.206 e. The summed E-state index contributed by atoms with van der Waals surface area (Å²) in [5, 5.41) is 2.08. The van der Waals surface area contributed by atoms with Gasteiger partial charge in [0, 0.05) is 15.2 Å². The molecule has 0 unspecified atom stereocenters. The minimum atomic E-state index is -0.412. The van der Waals surface area contributed by atoms with Gasteiger partial charge in [-0.05, 0) is 29.0 Å². The Morgan fingerprint density at radius 3 is 2.29 bits per heavy atom. The second-order valence-electron chi connectivity index (χ2n) is 3.89. The van der Waals surface area contributed by atoms with Gasteiger partial charge < -0.3 is 0 Å². The maximum absolute atomic E-state index is 14.0. The monoisotopic (exact) mass is 292 g/mol. The van der Waals surface area contributed by atoms with Crippen LogP contribution in [0.3, 0.4) is 0 Å². The molecule has 0 heterocycles. The smallest absolute Gasteiger partial charge is 0.132 e. The first-order valence-corrected chi connectivity index (χ1v) is 5.92. The molecular formula is C14H7BrF2. The summed E-state index contributed by atoms with van der Waals surface area (Å²) in [6, 6.07) is 11.5. The molecule has 0 aliphatic heterocycles. The van der Waals surface area contributed by atoms with E-state index in [9.17, 15) is 8.78 Å². The fraction of sp³-hybridized carbons (Fsp3) is 0. The summed E-state index contributed by atoms with van der Waals surface area (Å²) < 4.78 is 28.4. The van der Waals surface area contributed by atoms with E-state index in [1.54, 1.807) is 30.3 Å². The molecule has 0 aliphatic carbocycles. The topological polar surface area (TPSA) is 0 Å². The van der Waals surface area contributed by atoms with E-state index in [1.165, 1.54) is 12.1 Å². The summed E-state index contributed by atoms with van der Waals surface area (Å²) in [5.74, 6) is -0.806. The maximum atomic E-state index is 14.0. The highest BCUT2D eigenvalue weighted by molar-refractivity contribution is 9.10. The molecular weight excluding hydrogens is 286 g/mol. The standard InChI is InChI=1S/C14H7BrF2/c15-10-6-9-5-4-8-2-1-3-11(16)13(8)14(9)12(17)7-10/h1-7H. The molecule has 0 radical (unpaired) electrons. The molecule has 3 aromatic rings. The van der Waals surface area contributed by atoms with Crippen molar-refractivity contribution >= 4 is 37.5 Å². The average Bonchev–Trinajstić information content (AvgIpc) is 2.28. The van der Waals surface area contributed by atoms with Gasteiger partial charge in [0.05, 0.1) is 0 Å². The minimum absolute atomic E-state index is 0.337. The van der Waals surface area contributed by atoms with Crippen molar-refractivity contribution in [1.29, 1.82) is 0 Å². The van der Waals surface area contributed by atoms with Gasteiger partial charge in [0.1, 0.15) is 11.6 Å². The van der Waals surface area contributed by atoms with Gasteiger partial charge in [-0.3, -0.25) is 0 Å². The molecule has 0 saturated heterocycles. The Morgan fingerprint density at radius 1 is 0.765 bits per heavy atom. The highest BCUT2D eigenvalue weighted by atomic mass is 79.9. The van der Waals surface area contributed by atoms with Crippen molar-refractivity contribution in [3.05, 3.63) is 58.6 Å². The van der Waals surface area contributed by atoms with Gasteiger partial charge in [-0.1, -0.05) is 40.2 Å². The normalized spacial score (nSPS) is 11.2. The Morgan fingerprint density at radius 2 is 1.47 bits per heavy atom. The summed E-state index contributed by atoms with van der Waals surface area (Å²) in [5.41, 5.74) is 0. The third-order valence-corrected chi connectivity index (χ3v) is 3.28. The molecule has 0 bridgehead atoms. The van der Waals surface area contributed by atoms with E-state index in [1.807, 2.05) is 0 Å². The molecule has 0 nitrogen and oxygen atoms in total. The van der Waals surface area contributed by atoms with Crippen molar-refractivity contribution in [3.8, 4) is 0 Å². The Hall–Kier alpha value is -1.48. The first-order valence-electron chi connectivity index (χ1n) is 5.13. The van der Waals surface area contributed by atoms with E-state index < -0.39 is 11.6 Å². The van der Waals surface area contributed by atoms with E-state index in [0.717, 1.165) is 0 Å². The maximum Gasteiger partial charge on any atom is 0.132 e. The molecule has 0 N–H and O–H groups in total. The summed E-state index contributed by atoms with van der Waals surface area (Å²) in [6.07, 6.45) is 0. The van der Waals surface area contributed by atoms with Crippen LogP contribution in [0.25, 0.3) is 21.5 Å². The molecule has 0 atom stereocenters. The van der Waals surface area contributed by atoms with Crippen LogP contribution in [0.15, 0.2) is 46.9 Å². The third kappa shape index (κ3) is 1.62. The predicted octanol–water partition coefficient (Wildman–Crippen LogP) is 5.03. The van der Waals surface area contributed by atoms with E-state index in [2.05, 4.69) is 15.9 Å². The average molecular weight is 293 g/mol. The lowest BCUT2D eigenvalue weighted by molar-refractivity contribution is 0.631. The van der Waals surface area contributed by atoms with Crippen LogP contribution in [0.4, 0.5) is 8.78 Å². The van der Waals surface area contributed by atoms with Crippen molar-refractivity contribution in [2.45, 2.75) is 0 Å². The fourth-order valence-corrected chi connectivity index (χ4v) is 2.56. The number of hydrogen-bond acceptors (Lipinski definition) is 0. The van der Waals surface area contributed by atoms with Crippen molar-refractivity contribution < 1.29 is 8.78 Å². The molecule has 3 heteroatoms. The quantitative estimate of drug-likeness (QED) is 0.510. The Bertz CT molecular complexity index is 735. The van der Waals surface area contributed by atoms with Crippen LogP contribution >= 0.6 is 15.9 Å². The molecule has 3 aromatic carbocycles.